The third-order valence-electron chi connectivity index (χ3n) is 2.67. The normalized spacial score (nSPS) is 25.4. The molecule has 1 rings (SSSR count). The summed E-state index contributed by atoms with van der Waals surface area (Å²) in [6.07, 6.45) is 2.73. The van der Waals surface area contributed by atoms with Crippen LogP contribution in [-0.4, -0.2) is 56.6 Å². The fraction of sp³-hybridized carbons (Fsp3) is 1.00. The van der Waals surface area contributed by atoms with Crippen LogP contribution in [0, 0.1) is 5.92 Å². The van der Waals surface area contributed by atoms with Crippen molar-refractivity contribution in [2.24, 2.45) is 11.7 Å². The van der Waals surface area contributed by atoms with E-state index in [0.29, 0.717) is 0 Å². The Morgan fingerprint density at radius 3 is 2.85 bits per heavy atom. The molecule has 0 radical (unpaired) electrons. The fourth-order valence-corrected chi connectivity index (χ4v) is 2.20. The Balaban J connectivity index is 2.24. The van der Waals surface area contributed by atoms with Crippen LogP contribution in [0.5, 0.6) is 0 Å². The van der Waals surface area contributed by atoms with Gasteiger partial charge in [-0.15, -0.1) is 0 Å². The minimum absolute atomic E-state index is 0.800. The average Bonchev–Trinajstić information content (AvgIpc) is 2.04. The highest BCUT2D eigenvalue weighted by Gasteiger charge is 2.19. The molecule has 1 fully saturated rings. The molecule has 0 aromatic rings. The second-order valence-electron chi connectivity index (χ2n) is 4.36. The Hall–Kier alpha value is -0.120. The summed E-state index contributed by atoms with van der Waals surface area (Å²) in [4.78, 5) is 4.79. The van der Waals surface area contributed by atoms with Gasteiger partial charge in [0.25, 0.3) is 0 Å². The third kappa shape index (κ3) is 4.07. The van der Waals surface area contributed by atoms with Crippen LogP contribution in [0.1, 0.15) is 12.8 Å². The van der Waals surface area contributed by atoms with Crippen LogP contribution in [0.25, 0.3) is 0 Å². The Morgan fingerprint density at radius 2 is 2.23 bits per heavy atom. The standard InChI is InChI=1S/C10H23N3/c1-12(2)8-10-4-3-6-13(9-10)7-5-11/h10H,3-9,11H2,1-2H3/t10-/m0/s1. The second kappa shape index (κ2) is 5.58. The molecule has 1 saturated heterocycles. The lowest BCUT2D eigenvalue weighted by atomic mass is 9.98. The van der Waals surface area contributed by atoms with E-state index in [-0.39, 0.29) is 0 Å². The zero-order valence-corrected chi connectivity index (χ0v) is 9.00. The first-order chi connectivity index (χ1) is 6.22. The SMILES string of the molecule is CN(C)C[C@@H]1CCCN(CCN)C1. The number of piperidine rings is 1. The van der Waals surface area contributed by atoms with Crippen molar-refractivity contribution in [1.82, 2.24) is 9.80 Å². The number of likely N-dealkylation sites (tertiary alicyclic amines) is 1. The van der Waals surface area contributed by atoms with E-state index in [1.54, 1.807) is 0 Å². The lowest BCUT2D eigenvalue weighted by molar-refractivity contribution is 0.155. The lowest BCUT2D eigenvalue weighted by Crippen LogP contribution is -2.41. The van der Waals surface area contributed by atoms with Crippen molar-refractivity contribution < 1.29 is 0 Å². The average molecular weight is 185 g/mol. The summed E-state index contributed by atoms with van der Waals surface area (Å²) in [5.74, 6) is 0.857. The van der Waals surface area contributed by atoms with Gasteiger partial charge in [-0.1, -0.05) is 0 Å². The van der Waals surface area contributed by atoms with Gasteiger partial charge >= 0.3 is 0 Å². The first kappa shape index (κ1) is 11.0. The molecular weight excluding hydrogens is 162 g/mol. The lowest BCUT2D eigenvalue weighted by Gasteiger charge is -2.33. The van der Waals surface area contributed by atoms with E-state index in [4.69, 9.17) is 5.73 Å². The van der Waals surface area contributed by atoms with Gasteiger partial charge in [-0.2, -0.15) is 0 Å². The third-order valence-corrected chi connectivity index (χ3v) is 2.67. The van der Waals surface area contributed by atoms with E-state index < -0.39 is 0 Å². The zero-order valence-electron chi connectivity index (χ0n) is 9.00. The van der Waals surface area contributed by atoms with Crippen molar-refractivity contribution in [2.45, 2.75) is 12.8 Å². The van der Waals surface area contributed by atoms with Crippen molar-refractivity contribution in [1.29, 1.82) is 0 Å². The van der Waals surface area contributed by atoms with Gasteiger partial charge in [-0.25, -0.2) is 0 Å². The quantitative estimate of drug-likeness (QED) is 0.680. The predicted octanol–water partition coefficient (Wildman–Crippen LogP) is 0.219. The summed E-state index contributed by atoms with van der Waals surface area (Å²) in [7, 11) is 4.31. The molecule has 1 aliphatic heterocycles. The molecule has 1 atom stereocenters. The maximum absolute atomic E-state index is 5.55. The number of nitrogens with two attached hydrogens (primary N) is 1. The van der Waals surface area contributed by atoms with Crippen molar-refractivity contribution >= 4 is 0 Å². The Morgan fingerprint density at radius 1 is 1.46 bits per heavy atom. The molecule has 0 aromatic carbocycles. The van der Waals surface area contributed by atoms with Crippen molar-refractivity contribution in [2.75, 3.05) is 46.8 Å². The van der Waals surface area contributed by atoms with Crippen LogP contribution in [0.4, 0.5) is 0 Å². The van der Waals surface area contributed by atoms with E-state index >= 15 is 0 Å². The monoisotopic (exact) mass is 185 g/mol. The molecule has 0 unspecified atom stereocenters. The predicted molar refractivity (Wildman–Crippen MR) is 56.8 cm³/mol. The molecule has 0 bridgehead atoms. The van der Waals surface area contributed by atoms with Crippen molar-refractivity contribution in [3.05, 3.63) is 0 Å². The highest BCUT2D eigenvalue weighted by Crippen LogP contribution is 2.16. The smallest absolute Gasteiger partial charge is 0.0105 e. The minimum Gasteiger partial charge on any atom is -0.329 e. The molecular formula is C10H23N3. The highest BCUT2D eigenvalue weighted by atomic mass is 15.1. The van der Waals surface area contributed by atoms with E-state index in [1.807, 2.05) is 0 Å². The zero-order chi connectivity index (χ0) is 9.68. The van der Waals surface area contributed by atoms with Gasteiger partial charge in [0.15, 0.2) is 0 Å². The van der Waals surface area contributed by atoms with Gasteiger partial charge in [0.2, 0.25) is 0 Å². The Bertz CT molecular complexity index is 134. The summed E-state index contributed by atoms with van der Waals surface area (Å²) < 4.78 is 0. The van der Waals surface area contributed by atoms with E-state index in [0.717, 1.165) is 19.0 Å². The molecule has 2 N–H and O–H groups in total. The molecule has 1 aliphatic rings. The maximum Gasteiger partial charge on any atom is 0.0105 e. The summed E-state index contributed by atoms with van der Waals surface area (Å²) in [6, 6.07) is 0. The van der Waals surface area contributed by atoms with E-state index in [1.165, 1.54) is 32.5 Å². The summed E-state index contributed by atoms with van der Waals surface area (Å²) in [5.41, 5.74) is 5.55. The van der Waals surface area contributed by atoms with Gasteiger partial charge in [-0.05, 0) is 39.4 Å². The summed E-state index contributed by atoms with van der Waals surface area (Å²) in [5, 5.41) is 0. The van der Waals surface area contributed by atoms with Crippen LogP contribution < -0.4 is 5.73 Å². The fourth-order valence-electron chi connectivity index (χ4n) is 2.20. The molecule has 0 saturated carbocycles. The first-order valence-electron chi connectivity index (χ1n) is 5.29. The highest BCUT2D eigenvalue weighted by molar-refractivity contribution is 4.74. The van der Waals surface area contributed by atoms with Gasteiger partial charge in [-0.3, -0.25) is 0 Å². The molecule has 1 heterocycles. The second-order valence-corrected chi connectivity index (χ2v) is 4.36. The van der Waals surface area contributed by atoms with Gasteiger partial charge in [0.05, 0.1) is 0 Å². The summed E-state index contributed by atoms with van der Waals surface area (Å²) >= 11 is 0. The molecule has 13 heavy (non-hydrogen) atoms. The van der Waals surface area contributed by atoms with Gasteiger partial charge in [0.1, 0.15) is 0 Å². The van der Waals surface area contributed by atoms with E-state index in [9.17, 15) is 0 Å². The molecule has 0 aromatic heterocycles. The number of nitrogens with zero attached hydrogens (tertiary/aromatic N) is 2. The molecule has 3 heteroatoms. The Kier molecular flexibility index (Phi) is 4.70. The molecule has 3 nitrogen and oxygen atoms in total. The van der Waals surface area contributed by atoms with Gasteiger partial charge < -0.3 is 15.5 Å². The molecule has 78 valence electrons. The van der Waals surface area contributed by atoms with Crippen molar-refractivity contribution in [3.63, 3.8) is 0 Å². The molecule has 0 amide bonds. The van der Waals surface area contributed by atoms with Gasteiger partial charge in [0, 0.05) is 26.2 Å². The summed E-state index contributed by atoms with van der Waals surface area (Å²) in [6.45, 7) is 5.59. The van der Waals surface area contributed by atoms with Crippen LogP contribution in [0.15, 0.2) is 0 Å². The van der Waals surface area contributed by atoms with Crippen LogP contribution in [0.3, 0.4) is 0 Å². The molecule has 0 aliphatic carbocycles. The first-order valence-corrected chi connectivity index (χ1v) is 5.29. The number of rotatable bonds is 4. The topological polar surface area (TPSA) is 32.5 Å². The van der Waals surface area contributed by atoms with Crippen LogP contribution in [0.2, 0.25) is 0 Å². The van der Waals surface area contributed by atoms with E-state index in [2.05, 4.69) is 23.9 Å². The number of hydrogen-bond acceptors (Lipinski definition) is 3. The van der Waals surface area contributed by atoms with Crippen LogP contribution in [-0.2, 0) is 0 Å². The van der Waals surface area contributed by atoms with Crippen LogP contribution >= 0.6 is 0 Å². The van der Waals surface area contributed by atoms with Crippen molar-refractivity contribution in [3.8, 4) is 0 Å². The number of hydrogen-bond donors (Lipinski definition) is 1. The largest absolute Gasteiger partial charge is 0.329 e. The maximum atomic E-state index is 5.55. The molecule has 0 spiro atoms. The minimum atomic E-state index is 0.800. The Labute approximate surface area is 81.9 Å².